The number of fused-ring (bicyclic) bond motifs is 1. The van der Waals surface area contributed by atoms with E-state index in [1.54, 1.807) is 6.20 Å². The third-order valence-electron chi connectivity index (χ3n) is 5.48. The van der Waals surface area contributed by atoms with E-state index in [-0.39, 0.29) is 29.7 Å². The van der Waals surface area contributed by atoms with Gasteiger partial charge in [-0.3, -0.25) is 9.48 Å². The number of halogens is 2. The predicted octanol–water partition coefficient (Wildman–Crippen LogP) is 3.23. The third-order valence-corrected chi connectivity index (χ3v) is 5.48. The highest BCUT2D eigenvalue weighted by atomic mass is 19.1. The van der Waals surface area contributed by atoms with Gasteiger partial charge >= 0.3 is 0 Å². The van der Waals surface area contributed by atoms with Gasteiger partial charge in [-0.1, -0.05) is 0 Å². The number of aromatic nitrogens is 2. The molecule has 1 aromatic heterocycles. The summed E-state index contributed by atoms with van der Waals surface area (Å²) in [5, 5.41) is 7.41. The van der Waals surface area contributed by atoms with Crippen LogP contribution in [0.3, 0.4) is 0 Å². The van der Waals surface area contributed by atoms with Gasteiger partial charge in [-0.25, -0.2) is 8.78 Å². The molecule has 27 heavy (non-hydrogen) atoms. The minimum atomic E-state index is -0.639. The van der Waals surface area contributed by atoms with E-state index in [1.165, 1.54) is 12.1 Å². The van der Waals surface area contributed by atoms with Crippen molar-refractivity contribution in [1.29, 1.82) is 0 Å². The fraction of sp³-hybridized carbons (Fsp3) is 0.500. The van der Waals surface area contributed by atoms with Crippen LogP contribution in [0.15, 0.2) is 30.5 Å². The highest BCUT2D eigenvalue weighted by Crippen LogP contribution is 2.26. The van der Waals surface area contributed by atoms with Gasteiger partial charge in [0, 0.05) is 55.0 Å². The number of carbonyl (C=O) groups excluding carboxylic acids is 1. The molecule has 144 valence electrons. The van der Waals surface area contributed by atoms with Gasteiger partial charge < -0.3 is 10.1 Å². The molecule has 1 aliphatic heterocycles. The minimum absolute atomic E-state index is 0.00144. The van der Waals surface area contributed by atoms with Gasteiger partial charge in [0.25, 0.3) is 0 Å². The monoisotopic (exact) mass is 375 g/mol. The van der Waals surface area contributed by atoms with Crippen LogP contribution >= 0.6 is 0 Å². The van der Waals surface area contributed by atoms with E-state index in [0.29, 0.717) is 0 Å². The Bertz CT molecular complexity index is 795. The van der Waals surface area contributed by atoms with Crippen LogP contribution in [-0.4, -0.2) is 27.8 Å². The van der Waals surface area contributed by atoms with Gasteiger partial charge in [0.15, 0.2) is 0 Å². The van der Waals surface area contributed by atoms with Crippen LogP contribution in [0.1, 0.15) is 37.8 Å². The lowest BCUT2D eigenvalue weighted by Crippen LogP contribution is -2.44. The number of hydrogen-bond acceptors (Lipinski definition) is 3. The number of hydrogen-bond donors (Lipinski definition) is 1. The lowest BCUT2D eigenvalue weighted by molar-refractivity contribution is -0.126. The standard InChI is InChI=1S/C20H23F2N3O2/c21-14-10-15(22)12-19(11-14)27-18-3-1-16(2-4-18)24-20(26)13-6-8-25-17(9-13)5-7-23-25/h5,7,10-13,16,18H,1-4,6,8-9H2,(H,24,26). The second-order valence-electron chi connectivity index (χ2n) is 7.44. The van der Waals surface area contributed by atoms with Crippen molar-refractivity contribution in [3.8, 4) is 5.75 Å². The molecule has 7 heteroatoms. The van der Waals surface area contributed by atoms with E-state index in [1.807, 2.05) is 10.7 Å². The second kappa shape index (κ2) is 7.66. The number of benzene rings is 1. The van der Waals surface area contributed by atoms with Gasteiger partial charge in [-0.15, -0.1) is 0 Å². The number of amides is 1. The van der Waals surface area contributed by atoms with E-state index in [0.717, 1.165) is 56.8 Å². The average molecular weight is 375 g/mol. The van der Waals surface area contributed by atoms with Gasteiger partial charge in [-0.05, 0) is 38.2 Å². The van der Waals surface area contributed by atoms with Crippen molar-refractivity contribution in [3.05, 3.63) is 47.8 Å². The summed E-state index contributed by atoms with van der Waals surface area (Å²) in [6.07, 6.45) is 6.35. The van der Waals surface area contributed by atoms with Crippen LogP contribution in [0.4, 0.5) is 8.78 Å². The summed E-state index contributed by atoms with van der Waals surface area (Å²) in [5.74, 6) is -0.948. The summed E-state index contributed by atoms with van der Waals surface area (Å²) in [4.78, 5) is 12.6. The van der Waals surface area contributed by atoms with Crippen LogP contribution in [0.5, 0.6) is 5.75 Å². The van der Waals surface area contributed by atoms with E-state index >= 15 is 0 Å². The largest absolute Gasteiger partial charge is 0.490 e. The Labute approximate surface area is 156 Å². The van der Waals surface area contributed by atoms with Crippen molar-refractivity contribution in [3.63, 3.8) is 0 Å². The number of rotatable bonds is 4. The SMILES string of the molecule is O=C(NC1CCC(Oc2cc(F)cc(F)c2)CC1)C1CCn2nccc2C1. The Morgan fingerprint density at radius 2 is 1.85 bits per heavy atom. The fourth-order valence-electron chi connectivity index (χ4n) is 4.02. The maximum Gasteiger partial charge on any atom is 0.223 e. The van der Waals surface area contributed by atoms with Gasteiger partial charge in [0.05, 0.1) is 6.10 Å². The van der Waals surface area contributed by atoms with E-state index < -0.39 is 11.6 Å². The summed E-state index contributed by atoms with van der Waals surface area (Å²) >= 11 is 0. The number of nitrogens with zero attached hydrogens (tertiary/aromatic N) is 2. The number of ether oxygens (including phenoxy) is 1. The van der Waals surface area contributed by atoms with Crippen molar-refractivity contribution in [2.24, 2.45) is 5.92 Å². The van der Waals surface area contributed by atoms with Crippen molar-refractivity contribution in [1.82, 2.24) is 15.1 Å². The zero-order valence-corrected chi connectivity index (χ0v) is 15.0. The van der Waals surface area contributed by atoms with Crippen molar-refractivity contribution < 1.29 is 18.3 Å². The Balaban J connectivity index is 1.25. The summed E-state index contributed by atoms with van der Waals surface area (Å²) in [6, 6.07) is 5.33. The smallest absolute Gasteiger partial charge is 0.223 e. The van der Waals surface area contributed by atoms with Crippen LogP contribution in [0, 0.1) is 17.6 Å². The Morgan fingerprint density at radius 3 is 2.59 bits per heavy atom. The third kappa shape index (κ3) is 4.28. The van der Waals surface area contributed by atoms with Crippen molar-refractivity contribution >= 4 is 5.91 Å². The van der Waals surface area contributed by atoms with Crippen LogP contribution in [-0.2, 0) is 17.8 Å². The quantitative estimate of drug-likeness (QED) is 0.893. The van der Waals surface area contributed by atoms with Crippen molar-refractivity contribution in [2.75, 3.05) is 0 Å². The van der Waals surface area contributed by atoms with Crippen LogP contribution in [0.2, 0.25) is 0 Å². The Morgan fingerprint density at radius 1 is 1.11 bits per heavy atom. The van der Waals surface area contributed by atoms with Gasteiger partial charge in [0.2, 0.25) is 5.91 Å². The molecule has 2 heterocycles. The minimum Gasteiger partial charge on any atom is -0.490 e. The molecule has 2 aliphatic rings. The molecule has 1 atom stereocenters. The molecule has 1 aromatic carbocycles. The summed E-state index contributed by atoms with van der Waals surface area (Å²) < 4.78 is 34.2. The zero-order chi connectivity index (χ0) is 18.8. The number of nitrogens with one attached hydrogen (secondary N) is 1. The van der Waals surface area contributed by atoms with Crippen molar-refractivity contribution in [2.45, 2.75) is 57.2 Å². The molecule has 0 spiro atoms. The van der Waals surface area contributed by atoms with Gasteiger partial charge in [0.1, 0.15) is 17.4 Å². The number of aryl methyl sites for hydroxylation is 1. The number of carbonyl (C=O) groups is 1. The molecule has 1 N–H and O–H groups in total. The topological polar surface area (TPSA) is 56.1 Å². The van der Waals surface area contributed by atoms with E-state index in [2.05, 4.69) is 10.4 Å². The molecule has 2 aromatic rings. The molecule has 1 amide bonds. The maximum absolute atomic E-state index is 13.3. The first kappa shape index (κ1) is 17.9. The lowest BCUT2D eigenvalue weighted by atomic mass is 9.90. The normalized spacial score (nSPS) is 24.9. The first-order valence-electron chi connectivity index (χ1n) is 9.50. The molecule has 0 bridgehead atoms. The molecule has 0 radical (unpaired) electrons. The van der Waals surface area contributed by atoms with Crippen LogP contribution < -0.4 is 10.1 Å². The zero-order valence-electron chi connectivity index (χ0n) is 15.0. The fourth-order valence-corrected chi connectivity index (χ4v) is 4.02. The second-order valence-corrected chi connectivity index (χ2v) is 7.44. The summed E-state index contributed by atoms with van der Waals surface area (Å²) in [7, 11) is 0. The molecule has 4 rings (SSSR count). The molecular formula is C20H23F2N3O2. The molecule has 1 fully saturated rings. The lowest BCUT2D eigenvalue weighted by Gasteiger charge is -2.31. The molecule has 1 aliphatic carbocycles. The highest BCUT2D eigenvalue weighted by molar-refractivity contribution is 5.79. The first-order valence-corrected chi connectivity index (χ1v) is 9.50. The molecular weight excluding hydrogens is 352 g/mol. The summed E-state index contributed by atoms with van der Waals surface area (Å²) in [6.45, 7) is 0.783. The molecule has 5 nitrogen and oxygen atoms in total. The predicted molar refractivity (Wildman–Crippen MR) is 95.2 cm³/mol. The molecule has 1 unspecified atom stereocenters. The molecule has 0 saturated heterocycles. The summed E-state index contributed by atoms with van der Waals surface area (Å²) in [5.41, 5.74) is 1.11. The molecule has 1 saturated carbocycles. The van der Waals surface area contributed by atoms with Crippen LogP contribution in [0.25, 0.3) is 0 Å². The average Bonchev–Trinajstić information content (AvgIpc) is 3.10. The van der Waals surface area contributed by atoms with E-state index in [4.69, 9.17) is 4.74 Å². The van der Waals surface area contributed by atoms with E-state index in [9.17, 15) is 13.6 Å². The highest BCUT2D eigenvalue weighted by Gasteiger charge is 2.29. The Kier molecular flexibility index (Phi) is 5.09. The van der Waals surface area contributed by atoms with Gasteiger partial charge in [-0.2, -0.15) is 5.10 Å². The Hall–Kier alpha value is -2.44. The first-order chi connectivity index (χ1) is 13.1. The maximum atomic E-state index is 13.3.